The van der Waals surface area contributed by atoms with Crippen molar-refractivity contribution in [3.05, 3.63) is 16.0 Å². The lowest BCUT2D eigenvalue weighted by molar-refractivity contribution is -0.0121. The predicted octanol–water partition coefficient (Wildman–Crippen LogP) is 3.33. The summed E-state index contributed by atoms with van der Waals surface area (Å²) in [5, 5.41) is 0.780. The number of nitrogens with two attached hydrogens (primary N) is 1. The number of rotatable bonds is 1. The fraction of sp³-hybridized carbons (Fsp3) is 0.636. The van der Waals surface area contributed by atoms with Crippen molar-refractivity contribution in [2.75, 3.05) is 5.73 Å². The molecule has 0 aliphatic heterocycles. The van der Waals surface area contributed by atoms with Crippen LogP contribution >= 0.6 is 11.3 Å². The molecule has 0 bridgehead atoms. The van der Waals surface area contributed by atoms with Crippen molar-refractivity contribution < 1.29 is 8.78 Å². The van der Waals surface area contributed by atoms with Gasteiger partial charge in [0.15, 0.2) is 0 Å². The van der Waals surface area contributed by atoms with Gasteiger partial charge in [0.1, 0.15) is 0 Å². The molecule has 0 aromatic carbocycles. The fourth-order valence-corrected chi connectivity index (χ4v) is 3.64. The maximum atomic E-state index is 13.3. The molecule has 82 valence electrons. The Kier molecular flexibility index (Phi) is 1.88. The minimum Gasteiger partial charge on any atom is -0.390 e. The van der Waals surface area contributed by atoms with Crippen molar-refractivity contribution in [2.45, 2.75) is 43.9 Å². The number of halogens is 2. The van der Waals surface area contributed by atoms with E-state index in [0.717, 1.165) is 33.8 Å². The van der Waals surface area contributed by atoms with Crippen LogP contribution in [0, 0.1) is 0 Å². The maximum absolute atomic E-state index is 13.3. The number of hydrogen-bond acceptors (Lipinski definition) is 2. The zero-order valence-electron chi connectivity index (χ0n) is 8.35. The highest BCUT2D eigenvalue weighted by Gasteiger charge is 2.40. The molecule has 0 atom stereocenters. The molecule has 2 N–H and O–H groups in total. The maximum Gasteiger partial charge on any atom is 0.252 e. The largest absolute Gasteiger partial charge is 0.390 e. The second-order valence-electron chi connectivity index (χ2n) is 4.59. The van der Waals surface area contributed by atoms with Crippen LogP contribution in [0.4, 0.5) is 13.8 Å². The van der Waals surface area contributed by atoms with Crippen LogP contribution in [0.3, 0.4) is 0 Å². The Morgan fingerprint density at radius 3 is 2.67 bits per heavy atom. The highest BCUT2D eigenvalue weighted by molar-refractivity contribution is 7.16. The van der Waals surface area contributed by atoms with Gasteiger partial charge in [-0.2, -0.15) is 0 Å². The molecular weight excluding hydrogens is 216 g/mol. The van der Waals surface area contributed by atoms with Crippen LogP contribution < -0.4 is 5.73 Å². The third kappa shape index (κ3) is 1.55. The average Bonchev–Trinajstić information content (AvgIpc) is 2.92. The molecule has 0 radical (unpaired) electrons. The van der Waals surface area contributed by atoms with E-state index in [2.05, 4.69) is 0 Å². The summed E-state index contributed by atoms with van der Waals surface area (Å²) in [6, 6.07) is 0. The summed E-state index contributed by atoms with van der Waals surface area (Å²) >= 11 is 1.55. The zero-order valence-corrected chi connectivity index (χ0v) is 9.17. The van der Waals surface area contributed by atoms with Gasteiger partial charge in [0.05, 0.1) is 5.00 Å². The zero-order chi connectivity index (χ0) is 10.6. The standard InChI is InChI=1S/C11H13F2NS/c12-11(13)4-3-7-8(5-11)9(6-1-2-6)15-10(7)14/h6H,1-5,14H2. The minimum atomic E-state index is -2.51. The molecule has 0 unspecified atom stereocenters. The number of nitrogen functional groups attached to an aromatic ring is 1. The van der Waals surface area contributed by atoms with Crippen LogP contribution in [0.15, 0.2) is 0 Å². The number of alkyl halides is 2. The highest BCUT2D eigenvalue weighted by Crippen LogP contribution is 2.51. The first-order valence-corrected chi connectivity index (χ1v) is 6.16. The Labute approximate surface area is 91.3 Å². The molecule has 0 saturated heterocycles. The Morgan fingerprint density at radius 2 is 2.00 bits per heavy atom. The fourth-order valence-electron chi connectivity index (χ4n) is 2.34. The van der Waals surface area contributed by atoms with E-state index >= 15 is 0 Å². The number of anilines is 1. The second kappa shape index (κ2) is 2.94. The van der Waals surface area contributed by atoms with Gasteiger partial charge in [-0.15, -0.1) is 11.3 Å². The van der Waals surface area contributed by atoms with Crippen molar-refractivity contribution in [2.24, 2.45) is 0 Å². The van der Waals surface area contributed by atoms with E-state index < -0.39 is 5.92 Å². The van der Waals surface area contributed by atoms with Crippen LogP contribution in [0.2, 0.25) is 0 Å². The molecule has 1 heterocycles. The van der Waals surface area contributed by atoms with Crippen LogP contribution in [0.5, 0.6) is 0 Å². The van der Waals surface area contributed by atoms with Gasteiger partial charge in [0.25, 0.3) is 5.92 Å². The molecule has 0 spiro atoms. The van der Waals surface area contributed by atoms with Crippen molar-refractivity contribution in [1.29, 1.82) is 0 Å². The summed E-state index contributed by atoms with van der Waals surface area (Å²) < 4.78 is 26.6. The third-order valence-corrected chi connectivity index (χ3v) is 4.57. The van der Waals surface area contributed by atoms with Crippen LogP contribution in [-0.2, 0) is 12.8 Å². The third-order valence-electron chi connectivity index (χ3n) is 3.30. The van der Waals surface area contributed by atoms with Crippen LogP contribution in [-0.4, -0.2) is 5.92 Å². The lowest BCUT2D eigenvalue weighted by atomic mass is 9.89. The van der Waals surface area contributed by atoms with Crippen molar-refractivity contribution in [1.82, 2.24) is 0 Å². The first kappa shape index (κ1) is 9.58. The Bertz CT molecular complexity index is 407. The Balaban J connectivity index is 2.05. The number of thiophene rings is 1. The minimum absolute atomic E-state index is 0.0367. The summed E-state index contributed by atoms with van der Waals surface area (Å²) in [4.78, 5) is 1.15. The van der Waals surface area contributed by atoms with E-state index in [1.54, 1.807) is 11.3 Å². The summed E-state index contributed by atoms with van der Waals surface area (Å²) in [5.74, 6) is -1.97. The van der Waals surface area contributed by atoms with E-state index in [-0.39, 0.29) is 12.8 Å². The van der Waals surface area contributed by atoms with Gasteiger partial charge in [0.2, 0.25) is 0 Å². The Morgan fingerprint density at radius 1 is 1.27 bits per heavy atom. The normalized spacial score (nSPS) is 23.9. The van der Waals surface area contributed by atoms with Gasteiger partial charge >= 0.3 is 0 Å². The van der Waals surface area contributed by atoms with Crippen molar-refractivity contribution in [3.8, 4) is 0 Å². The van der Waals surface area contributed by atoms with Gasteiger partial charge in [-0.3, -0.25) is 0 Å². The van der Waals surface area contributed by atoms with E-state index in [9.17, 15) is 8.78 Å². The van der Waals surface area contributed by atoms with Crippen molar-refractivity contribution in [3.63, 3.8) is 0 Å². The first-order valence-electron chi connectivity index (χ1n) is 5.34. The SMILES string of the molecule is Nc1sc(C2CC2)c2c1CCC(F)(F)C2. The van der Waals surface area contributed by atoms with Crippen LogP contribution in [0.1, 0.15) is 41.2 Å². The van der Waals surface area contributed by atoms with Gasteiger partial charge in [-0.05, 0) is 36.3 Å². The molecule has 1 aromatic rings. The Hall–Kier alpha value is -0.640. The molecule has 0 amide bonds. The quantitative estimate of drug-likeness (QED) is 0.785. The molecule has 1 fully saturated rings. The number of hydrogen-bond donors (Lipinski definition) is 1. The monoisotopic (exact) mass is 229 g/mol. The molecule has 4 heteroatoms. The summed E-state index contributed by atoms with van der Waals surface area (Å²) in [7, 11) is 0. The molecule has 1 aromatic heterocycles. The second-order valence-corrected chi connectivity index (χ2v) is 5.68. The molecule has 1 saturated carbocycles. The van der Waals surface area contributed by atoms with E-state index in [4.69, 9.17) is 5.73 Å². The smallest absolute Gasteiger partial charge is 0.252 e. The van der Waals surface area contributed by atoms with Gasteiger partial charge in [-0.1, -0.05) is 0 Å². The van der Waals surface area contributed by atoms with Crippen LogP contribution in [0.25, 0.3) is 0 Å². The highest BCUT2D eigenvalue weighted by atomic mass is 32.1. The summed E-state index contributed by atoms with van der Waals surface area (Å²) in [5.41, 5.74) is 7.80. The first-order chi connectivity index (χ1) is 7.07. The predicted molar refractivity (Wildman–Crippen MR) is 57.7 cm³/mol. The van der Waals surface area contributed by atoms with E-state index in [1.807, 2.05) is 0 Å². The molecule has 3 rings (SSSR count). The number of fused-ring (bicyclic) bond motifs is 1. The molecular formula is C11H13F2NS. The van der Waals surface area contributed by atoms with E-state index in [1.165, 1.54) is 0 Å². The topological polar surface area (TPSA) is 26.0 Å². The lowest BCUT2D eigenvalue weighted by Gasteiger charge is -2.23. The van der Waals surface area contributed by atoms with Crippen molar-refractivity contribution >= 4 is 16.3 Å². The molecule has 2 aliphatic rings. The molecule has 15 heavy (non-hydrogen) atoms. The van der Waals surface area contributed by atoms with Gasteiger partial charge in [-0.25, -0.2) is 8.78 Å². The van der Waals surface area contributed by atoms with E-state index in [0.29, 0.717) is 12.3 Å². The molecule has 2 aliphatic carbocycles. The van der Waals surface area contributed by atoms with Gasteiger partial charge in [0, 0.05) is 17.7 Å². The average molecular weight is 229 g/mol. The molecule has 1 nitrogen and oxygen atoms in total. The van der Waals surface area contributed by atoms with Gasteiger partial charge < -0.3 is 5.73 Å². The summed E-state index contributed by atoms with van der Waals surface area (Å²) in [6.45, 7) is 0. The summed E-state index contributed by atoms with van der Waals surface area (Å²) in [6.07, 6.45) is 2.64. The lowest BCUT2D eigenvalue weighted by Crippen LogP contribution is -2.26.